The molecule has 2 heterocycles. The number of nitrogens with one attached hydrogen (secondary N) is 1. The van der Waals surface area contributed by atoms with E-state index in [1.807, 2.05) is 6.92 Å². The van der Waals surface area contributed by atoms with E-state index in [-0.39, 0.29) is 11.0 Å². The lowest BCUT2D eigenvalue weighted by Crippen LogP contribution is -2.22. The van der Waals surface area contributed by atoms with Crippen LogP contribution in [0.15, 0.2) is 35.4 Å². The smallest absolute Gasteiger partial charge is 0.277 e. The molecule has 5 heteroatoms. The van der Waals surface area contributed by atoms with Gasteiger partial charge in [-0.05, 0) is 23.5 Å². The molecule has 0 aliphatic rings. The molecule has 0 aliphatic heterocycles. The van der Waals surface area contributed by atoms with Crippen LogP contribution in [-0.4, -0.2) is 19.6 Å². The van der Waals surface area contributed by atoms with Gasteiger partial charge in [-0.25, -0.2) is 9.97 Å². The molecule has 0 spiro atoms. The summed E-state index contributed by atoms with van der Waals surface area (Å²) in [5.41, 5.74) is 3.87. The van der Waals surface area contributed by atoms with Crippen molar-refractivity contribution in [3.63, 3.8) is 0 Å². The average molecular weight is 296 g/mol. The first-order valence-corrected chi connectivity index (χ1v) is 7.37. The van der Waals surface area contributed by atoms with Crippen molar-refractivity contribution in [3.8, 4) is 0 Å². The summed E-state index contributed by atoms with van der Waals surface area (Å²) in [6.07, 6.45) is 2.05. The van der Waals surface area contributed by atoms with Gasteiger partial charge in [0.15, 0.2) is 0 Å². The fourth-order valence-corrected chi connectivity index (χ4v) is 2.53. The largest absolute Gasteiger partial charge is 0.278 e. The Balaban J connectivity index is 1.98. The Morgan fingerprint density at radius 2 is 1.86 bits per heavy atom. The van der Waals surface area contributed by atoms with E-state index < -0.39 is 0 Å². The Kier molecular flexibility index (Phi) is 3.35. The van der Waals surface area contributed by atoms with Crippen molar-refractivity contribution >= 4 is 5.78 Å². The summed E-state index contributed by atoms with van der Waals surface area (Å²) in [4.78, 5) is 20.9. The Labute approximate surface area is 129 Å². The molecule has 0 radical (unpaired) electrons. The molecular formula is C17H20N4O. The molecule has 3 aromatic rings. The van der Waals surface area contributed by atoms with Gasteiger partial charge in [0.25, 0.3) is 11.3 Å². The molecule has 3 rings (SSSR count). The number of nitrogens with zero attached hydrogens (tertiary/aromatic N) is 3. The minimum Gasteiger partial charge on any atom is -0.278 e. The van der Waals surface area contributed by atoms with Gasteiger partial charge in [-0.2, -0.15) is 4.52 Å². The highest BCUT2D eigenvalue weighted by atomic mass is 16.1. The molecule has 0 bridgehead atoms. The lowest BCUT2D eigenvalue weighted by Gasteiger charge is -2.19. The maximum atomic E-state index is 12.5. The van der Waals surface area contributed by atoms with Crippen LogP contribution < -0.4 is 5.56 Å². The zero-order valence-corrected chi connectivity index (χ0v) is 13.3. The van der Waals surface area contributed by atoms with Crippen LogP contribution in [0.4, 0.5) is 0 Å². The van der Waals surface area contributed by atoms with E-state index in [1.165, 1.54) is 16.4 Å². The monoisotopic (exact) mass is 296 g/mol. The van der Waals surface area contributed by atoms with Gasteiger partial charge in [0.05, 0.1) is 5.69 Å². The molecule has 22 heavy (non-hydrogen) atoms. The number of aromatic nitrogens is 4. The predicted molar refractivity (Wildman–Crippen MR) is 86.3 cm³/mol. The minimum absolute atomic E-state index is 0.0834. The zero-order valence-electron chi connectivity index (χ0n) is 13.3. The first-order valence-electron chi connectivity index (χ1n) is 7.37. The number of benzene rings is 1. The van der Waals surface area contributed by atoms with Gasteiger partial charge in [0.1, 0.15) is 6.33 Å². The third kappa shape index (κ3) is 2.54. The van der Waals surface area contributed by atoms with Crippen LogP contribution >= 0.6 is 0 Å². The van der Waals surface area contributed by atoms with E-state index >= 15 is 0 Å². The molecule has 5 nitrogen and oxygen atoms in total. The molecule has 114 valence electrons. The standard InChI is InChI=1S/C17H20N4O/c1-11-14(15(22)21-16(20-11)18-10-19-21)9-12-5-7-13(8-6-12)17(2,3)4/h5-8,10H,9H2,1-4H3,(H,18,19,20). The summed E-state index contributed by atoms with van der Waals surface area (Å²) in [7, 11) is 0. The Morgan fingerprint density at radius 3 is 2.50 bits per heavy atom. The minimum atomic E-state index is -0.0834. The molecule has 0 fully saturated rings. The first kappa shape index (κ1) is 14.5. The summed E-state index contributed by atoms with van der Waals surface area (Å²) >= 11 is 0. The normalized spacial score (nSPS) is 12.0. The number of hydrogen-bond acceptors (Lipinski definition) is 3. The highest BCUT2D eigenvalue weighted by Crippen LogP contribution is 2.22. The lowest BCUT2D eigenvalue weighted by atomic mass is 9.86. The fraction of sp³-hybridized carbons (Fsp3) is 0.353. The Hall–Kier alpha value is -2.43. The van der Waals surface area contributed by atoms with Crippen molar-refractivity contribution in [3.05, 3.63) is 63.3 Å². The number of rotatable bonds is 2. The highest BCUT2D eigenvalue weighted by molar-refractivity contribution is 5.35. The molecule has 0 saturated carbocycles. The second-order valence-electron chi connectivity index (χ2n) is 6.63. The summed E-state index contributed by atoms with van der Waals surface area (Å²) in [6, 6.07) is 8.43. The third-order valence-corrected chi connectivity index (χ3v) is 3.93. The summed E-state index contributed by atoms with van der Waals surface area (Å²) in [6.45, 7) is 8.42. The van der Waals surface area contributed by atoms with Crippen LogP contribution in [0.1, 0.15) is 43.2 Å². The van der Waals surface area contributed by atoms with Crippen molar-refractivity contribution in [2.24, 2.45) is 0 Å². The van der Waals surface area contributed by atoms with Gasteiger partial charge >= 0.3 is 0 Å². The van der Waals surface area contributed by atoms with E-state index in [0.29, 0.717) is 17.8 Å². The summed E-state index contributed by atoms with van der Waals surface area (Å²) < 4.78 is 1.38. The maximum absolute atomic E-state index is 12.5. The molecule has 0 aliphatic carbocycles. The van der Waals surface area contributed by atoms with E-state index in [0.717, 1.165) is 11.3 Å². The quantitative estimate of drug-likeness (QED) is 0.790. The summed E-state index contributed by atoms with van der Waals surface area (Å²) in [5.74, 6) is 0.411. The second-order valence-corrected chi connectivity index (χ2v) is 6.63. The molecule has 0 unspecified atom stereocenters. The fourth-order valence-electron chi connectivity index (χ4n) is 2.53. The van der Waals surface area contributed by atoms with Crippen molar-refractivity contribution in [2.75, 3.05) is 0 Å². The molecule has 1 aromatic carbocycles. The lowest BCUT2D eigenvalue weighted by molar-refractivity contribution is 0.590. The average Bonchev–Trinajstić information content (AvgIpc) is 2.91. The zero-order chi connectivity index (χ0) is 15.9. The number of aromatic amines is 1. The van der Waals surface area contributed by atoms with Crippen molar-refractivity contribution in [1.29, 1.82) is 0 Å². The molecule has 1 N–H and O–H groups in total. The molecular weight excluding hydrogens is 276 g/mol. The van der Waals surface area contributed by atoms with Crippen LogP contribution in [0, 0.1) is 6.92 Å². The van der Waals surface area contributed by atoms with Crippen LogP contribution in [0.5, 0.6) is 0 Å². The number of hydrogen-bond donors (Lipinski definition) is 1. The number of H-pyrrole nitrogens is 1. The molecule has 2 aromatic heterocycles. The van der Waals surface area contributed by atoms with Crippen LogP contribution in [-0.2, 0) is 11.8 Å². The molecule has 0 amide bonds. The number of aryl methyl sites for hydroxylation is 1. The van der Waals surface area contributed by atoms with Gasteiger partial charge in [-0.3, -0.25) is 9.89 Å². The van der Waals surface area contributed by atoms with E-state index in [9.17, 15) is 4.79 Å². The van der Waals surface area contributed by atoms with E-state index in [2.05, 4.69) is 60.1 Å². The van der Waals surface area contributed by atoms with Crippen LogP contribution in [0.25, 0.3) is 5.78 Å². The van der Waals surface area contributed by atoms with Crippen LogP contribution in [0.3, 0.4) is 0 Å². The van der Waals surface area contributed by atoms with Crippen molar-refractivity contribution < 1.29 is 0 Å². The SMILES string of the molecule is Cc1nc2nc[nH]n2c(=O)c1Cc1ccc(C(C)(C)C)cc1. The predicted octanol–water partition coefficient (Wildman–Crippen LogP) is 2.61. The number of fused-ring (bicyclic) bond motifs is 1. The topological polar surface area (TPSA) is 63.1 Å². The molecule has 0 atom stereocenters. The van der Waals surface area contributed by atoms with Crippen molar-refractivity contribution in [2.45, 2.75) is 39.5 Å². The van der Waals surface area contributed by atoms with E-state index in [4.69, 9.17) is 0 Å². The maximum Gasteiger partial charge on any atom is 0.277 e. The first-order chi connectivity index (χ1) is 10.4. The van der Waals surface area contributed by atoms with Gasteiger partial charge in [0, 0.05) is 12.0 Å². The third-order valence-electron chi connectivity index (χ3n) is 3.93. The van der Waals surface area contributed by atoms with E-state index in [1.54, 1.807) is 0 Å². The summed E-state index contributed by atoms with van der Waals surface area (Å²) in [5, 5.41) is 2.80. The van der Waals surface area contributed by atoms with Crippen LogP contribution in [0.2, 0.25) is 0 Å². The van der Waals surface area contributed by atoms with Gasteiger partial charge in [-0.15, -0.1) is 0 Å². The van der Waals surface area contributed by atoms with Gasteiger partial charge in [-0.1, -0.05) is 45.0 Å². The highest BCUT2D eigenvalue weighted by Gasteiger charge is 2.14. The van der Waals surface area contributed by atoms with Gasteiger partial charge < -0.3 is 0 Å². The Bertz CT molecular complexity index is 866. The van der Waals surface area contributed by atoms with Gasteiger partial charge in [0.2, 0.25) is 0 Å². The Morgan fingerprint density at radius 1 is 1.18 bits per heavy atom. The second kappa shape index (κ2) is 5.09. The van der Waals surface area contributed by atoms with Crippen molar-refractivity contribution in [1.82, 2.24) is 19.6 Å². The molecule has 0 saturated heterocycles.